The predicted molar refractivity (Wildman–Crippen MR) is 80.5 cm³/mol. The van der Waals surface area contributed by atoms with Gasteiger partial charge in [-0.05, 0) is 34.0 Å². The Labute approximate surface area is 137 Å². The summed E-state index contributed by atoms with van der Waals surface area (Å²) in [5.74, 6) is -1.51. The van der Waals surface area contributed by atoms with Crippen LogP contribution in [0.1, 0.15) is 25.6 Å². The Balaban J connectivity index is 2.31. The SMILES string of the molecule is CC(CN(C)C)N1C=C(c2noc(C(F)(F)F)n2)C=C(Cl)[C@H]1C. The standard InChI is InChI=1S/C14H18ClF3N4O/c1-8(6-21(3)4)22-7-10(5-11(15)9(22)2)12-19-13(23-20-12)14(16,17)18/h5,7-9H,6H2,1-4H3/t8?,9-/m1/s1. The van der Waals surface area contributed by atoms with Crippen molar-refractivity contribution in [2.75, 3.05) is 20.6 Å². The molecule has 0 aromatic carbocycles. The number of likely N-dealkylation sites (N-methyl/N-ethyl adjacent to an activating group) is 1. The first-order valence-corrected chi connectivity index (χ1v) is 7.39. The summed E-state index contributed by atoms with van der Waals surface area (Å²) in [6, 6.07) is 0.0239. The maximum absolute atomic E-state index is 12.6. The highest BCUT2D eigenvalue weighted by atomic mass is 35.5. The van der Waals surface area contributed by atoms with E-state index in [2.05, 4.69) is 14.7 Å². The van der Waals surface area contributed by atoms with Gasteiger partial charge in [-0.15, -0.1) is 0 Å². The Morgan fingerprint density at radius 3 is 2.61 bits per heavy atom. The maximum Gasteiger partial charge on any atom is 0.471 e. The van der Waals surface area contributed by atoms with Crippen LogP contribution in [-0.4, -0.2) is 52.7 Å². The van der Waals surface area contributed by atoms with Gasteiger partial charge in [0.15, 0.2) is 0 Å². The molecule has 1 aliphatic rings. The lowest BCUT2D eigenvalue weighted by atomic mass is 10.1. The Morgan fingerprint density at radius 1 is 1.43 bits per heavy atom. The smallest absolute Gasteiger partial charge is 0.365 e. The van der Waals surface area contributed by atoms with Crippen molar-refractivity contribution < 1.29 is 17.7 Å². The van der Waals surface area contributed by atoms with Crippen molar-refractivity contribution in [1.82, 2.24) is 19.9 Å². The predicted octanol–water partition coefficient (Wildman–Crippen LogP) is 3.21. The highest BCUT2D eigenvalue weighted by Crippen LogP contribution is 2.32. The van der Waals surface area contributed by atoms with Crippen molar-refractivity contribution in [3.63, 3.8) is 0 Å². The summed E-state index contributed by atoms with van der Waals surface area (Å²) in [5, 5.41) is 3.91. The highest BCUT2D eigenvalue weighted by Gasteiger charge is 2.39. The Kier molecular flexibility index (Phi) is 5.05. The normalized spacial score (nSPS) is 20.6. The second-order valence-electron chi connectivity index (χ2n) is 5.77. The van der Waals surface area contributed by atoms with Crippen LogP contribution in [0.25, 0.3) is 5.57 Å². The van der Waals surface area contributed by atoms with Crippen LogP contribution in [0.4, 0.5) is 13.2 Å². The molecule has 0 spiro atoms. The van der Waals surface area contributed by atoms with Gasteiger partial charge in [0.25, 0.3) is 0 Å². The van der Waals surface area contributed by atoms with Crippen molar-refractivity contribution >= 4 is 17.2 Å². The number of nitrogens with zero attached hydrogens (tertiary/aromatic N) is 4. The molecule has 0 amide bonds. The van der Waals surface area contributed by atoms with Gasteiger partial charge in [0.05, 0.1) is 6.04 Å². The molecule has 0 radical (unpaired) electrons. The molecule has 0 bridgehead atoms. The van der Waals surface area contributed by atoms with Gasteiger partial charge in [-0.25, -0.2) is 0 Å². The van der Waals surface area contributed by atoms with Gasteiger partial charge in [0, 0.05) is 29.4 Å². The Hall–Kier alpha value is -1.54. The molecule has 23 heavy (non-hydrogen) atoms. The van der Waals surface area contributed by atoms with Crippen molar-refractivity contribution in [3.8, 4) is 0 Å². The Bertz CT molecular complexity index is 624. The molecule has 0 saturated heterocycles. The minimum atomic E-state index is -4.67. The van der Waals surface area contributed by atoms with Crippen LogP contribution in [0.15, 0.2) is 21.8 Å². The molecule has 9 heteroatoms. The fraction of sp³-hybridized carbons (Fsp3) is 0.571. The first kappa shape index (κ1) is 17.8. The summed E-state index contributed by atoms with van der Waals surface area (Å²) in [5.41, 5.74) is 0.387. The summed E-state index contributed by atoms with van der Waals surface area (Å²) in [6.07, 6.45) is -1.38. The maximum atomic E-state index is 12.6. The molecule has 1 aromatic rings. The molecule has 1 aliphatic heterocycles. The summed E-state index contributed by atoms with van der Waals surface area (Å²) in [6.45, 7) is 4.70. The Morgan fingerprint density at radius 2 is 2.09 bits per heavy atom. The van der Waals surface area contributed by atoms with Crippen LogP contribution in [0, 0.1) is 0 Å². The molecule has 0 N–H and O–H groups in total. The van der Waals surface area contributed by atoms with Crippen molar-refractivity contribution in [2.24, 2.45) is 0 Å². The number of rotatable bonds is 4. The van der Waals surface area contributed by atoms with Crippen LogP contribution in [0.5, 0.6) is 0 Å². The zero-order chi connectivity index (χ0) is 17.4. The number of halogens is 4. The van der Waals surface area contributed by atoms with Gasteiger partial charge in [0.1, 0.15) is 0 Å². The van der Waals surface area contributed by atoms with Gasteiger partial charge in [0.2, 0.25) is 5.82 Å². The number of alkyl halides is 3. The van der Waals surface area contributed by atoms with Gasteiger partial charge >= 0.3 is 12.1 Å². The first-order chi connectivity index (χ1) is 10.6. The summed E-state index contributed by atoms with van der Waals surface area (Å²) in [7, 11) is 3.89. The fourth-order valence-corrected chi connectivity index (χ4v) is 2.66. The van der Waals surface area contributed by atoms with Crippen LogP contribution < -0.4 is 0 Å². The minimum Gasteiger partial charge on any atom is -0.365 e. The molecule has 2 atom stereocenters. The molecule has 1 unspecified atom stereocenters. The molecule has 1 aromatic heterocycles. The molecule has 2 heterocycles. The van der Waals surface area contributed by atoms with Gasteiger partial charge in [-0.3, -0.25) is 0 Å². The lowest BCUT2D eigenvalue weighted by molar-refractivity contribution is -0.159. The van der Waals surface area contributed by atoms with Gasteiger partial charge in [-0.1, -0.05) is 16.8 Å². The second kappa shape index (κ2) is 6.52. The van der Waals surface area contributed by atoms with E-state index in [1.165, 1.54) is 0 Å². The van der Waals surface area contributed by atoms with E-state index in [4.69, 9.17) is 11.6 Å². The number of aromatic nitrogens is 2. The molecular weight excluding hydrogens is 333 g/mol. The van der Waals surface area contributed by atoms with E-state index >= 15 is 0 Å². The highest BCUT2D eigenvalue weighted by molar-refractivity contribution is 6.31. The van der Waals surface area contributed by atoms with Crippen LogP contribution in [0.3, 0.4) is 0 Å². The van der Waals surface area contributed by atoms with E-state index in [1.54, 1.807) is 12.3 Å². The summed E-state index contributed by atoms with van der Waals surface area (Å²) in [4.78, 5) is 7.40. The van der Waals surface area contributed by atoms with Crippen molar-refractivity contribution in [1.29, 1.82) is 0 Å². The van der Waals surface area contributed by atoms with Crippen LogP contribution in [-0.2, 0) is 6.18 Å². The molecule has 2 rings (SSSR count). The van der Waals surface area contributed by atoms with Crippen molar-refractivity contribution in [2.45, 2.75) is 32.1 Å². The average molecular weight is 351 g/mol. The van der Waals surface area contributed by atoms with E-state index in [1.807, 2.05) is 37.7 Å². The zero-order valence-corrected chi connectivity index (χ0v) is 14.0. The molecule has 0 fully saturated rings. The minimum absolute atomic E-state index is 0.0793. The van der Waals surface area contributed by atoms with Gasteiger partial charge < -0.3 is 14.3 Å². The third-order valence-corrected chi connectivity index (χ3v) is 3.92. The van der Waals surface area contributed by atoms with E-state index in [0.29, 0.717) is 10.6 Å². The number of hydrogen-bond acceptors (Lipinski definition) is 5. The topological polar surface area (TPSA) is 45.4 Å². The first-order valence-electron chi connectivity index (χ1n) is 7.02. The molecule has 5 nitrogen and oxygen atoms in total. The van der Waals surface area contributed by atoms with Crippen LogP contribution in [0.2, 0.25) is 0 Å². The summed E-state index contributed by atoms with van der Waals surface area (Å²) >= 11 is 6.24. The monoisotopic (exact) mass is 350 g/mol. The summed E-state index contributed by atoms with van der Waals surface area (Å²) < 4.78 is 42.0. The quantitative estimate of drug-likeness (QED) is 0.834. The third-order valence-electron chi connectivity index (χ3n) is 3.49. The molecule has 0 saturated carbocycles. The van der Waals surface area contributed by atoms with E-state index in [-0.39, 0.29) is 17.9 Å². The number of hydrogen-bond donors (Lipinski definition) is 0. The second-order valence-corrected chi connectivity index (χ2v) is 6.21. The van der Waals surface area contributed by atoms with Crippen LogP contribution >= 0.6 is 11.6 Å². The fourth-order valence-electron chi connectivity index (χ4n) is 2.43. The lowest BCUT2D eigenvalue weighted by Gasteiger charge is -2.37. The van der Waals surface area contributed by atoms with E-state index in [0.717, 1.165) is 6.54 Å². The molecule has 0 aliphatic carbocycles. The third kappa shape index (κ3) is 4.06. The van der Waals surface area contributed by atoms with E-state index in [9.17, 15) is 13.2 Å². The number of allylic oxidation sites excluding steroid dienone is 2. The van der Waals surface area contributed by atoms with E-state index < -0.39 is 12.1 Å². The molecule has 128 valence electrons. The lowest BCUT2D eigenvalue weighted by Crippen LogP contribution is -2.43. The van der Waals surface area contributed by atoms with Crippen molar-refractivity contribution in [3.05, 3.63) is 29.0 Å². The largest absolute Gasteiger partial charge is 0.471 e. The average Bonchev–Trinajstić information content (AvgIpc) is 2.90. The molecular formula is C14H18ClF3N4O. The zero-order valence-electron chi connectivity index (χ0n) is 13.2. The van der Waals surface area contributed by atoms with Gasteiger partial charge in [-0.2, -0.15) is 18.2 Å².